The standard InChI is InChI=1S/C50H96O6/c1-5-8-10-12-14-16-18-19-20-21-22-23-25-29-33-37-41-48(51)54-44-47(56-50(53)43-39-35-31-24-17-15-13-11-9-6-2)45-55-49(52)42-38-34-30-27-26-28-32-36-40-46(4)7-3/h46-47H,5-45H2,1-4H3/t46?,47-/m0/s1. The lowest BCUT2D eigenvalue weighted by atomic mass is 9.99. The van der Waals surface area contributed by atoms with Crippen molar-refractivity contribution in [2.75, 3.05) is 13.2 Å². The molecule has 0 aromatic rings. The Hall–Kier alpha value is -1.59. The van der Waals surface area contributed by atoms with Gasteiger partial charge in [0.05, 0.1) is 0 Å². The van der Waals surface area contributed by atoms with Gasteiger partial charge in [-0.1, -0.05) is 240 Å². The number of esters is 3. The summed E-state index contributed by atoms with van der Waals surface area (Å²) in [4.78, 5) is 37.8. The topological polar surface area (TPSA) is 78.9 Å². The first-order valence-electron chi connectivity index (χ1n) is 24.9. The summed E-state index contributed by atoms with van der Waals surface area (Å²) in [7, 11) is 0. The zero-order valence-corrected chi connectivity index (χ0v) is 38.1. The van der Waals surface area contributed by atoms with E-state index in [9.17, 15) is 14.4 Å². The molecule has 6 heteroatoms. The molecule has 332 valence electrons. The lowest BCUT2D eigenvalue weighted by molar-refractivity contribution is -0.167. The van der Waals surface area contributed by atoms with Gasteiger partial charge in [-0.25, -0.2) is 0 Å². The third kappa shape index (κ3) is 42.0. The molecule has 0 aliphatic carbocycles. The number of hydrogen-bond donors (Lipinski definition) is 0. The zero-order valence-electron chi connectivity index (χ0n) is 38.1. The van der Waals surface area contributed by atoms with Crippen LogP contribution in [0.4, 0.5) is 0 Å². The SMILES string of the molecule is CCCCCCCCCCCCCCCCCCC(=O)OC[C@@H](COC(=O)CCCCCCCCCCC(C)CC)OC(=O)CCCCCCCCCCCC. The van der Waals surface area contributed by atoms with Crippen molar-refractivity contribution in [3.05, 3.63) is 0 Å². The van der Waals surface area contributed by atoms with Crippen molar-refractivity contribution in [3.63, 3.8) is 0 Å². The lowest BCUT2D eigenvalue weighted by Crippen LogP contribution is -2.30. The van der Waals surface area contributed by atoms with E-state index in [1.807, 2.05) is 0 Å². The van der Waals surface area contributed by atoms with Gasteiger partial charge in [-0.2, -0.15) is 0 Å². The molecule has 0 aliphatic heterocycles. The first-order valence-corrected chi connectivity index (χ1v) is 24.9. The highest BCUT2D eigenvalue weighted by Gasteiger charge is 2.19. The normalized spacial score (nSPS) is 12.4. The highest BCUT2D eigenvalue weighted by atomic mass is 16.6. The molecule has 0 saturated heterocycles. The van der Waals surface area contributed by atoms with Crippen molar-refractivity contribution in [2.45, 2.75) is 284 Å². The number of hydrogen-bond acceptors (Lipinski definition) is 6. The highest BCUT2D eigenvalue weighted by Crippen LogP contribution is 2.17. The Morgan fingerprint density at radius 2 is 0.625 bits per heavy atom. The van der Waals surface area contributed by atoms with Crippen LogP contribution in [-0.4, -0.2) is 37.2 Å². The zero-order chi connectivity index (χ0) is 41.0. The highest BCUT2D eigenvalue weighted by molar-refractivity contribution is 5.71. The van der Waals surface area contributed by atoms with Crippen molar-refractivity contribution in [2.24, 2.45) is 5.92 Å². The predicted molar refractivity (Wildman–Crippen MR) is 238 cm³/mol. The van der Waals surface area contributed by atoms with Crippen molar-refractivity contribution < 1.29 is 28.6 Å². The summed E-state index contributed by atoms with van der Waals surface area (Å²) >= 11 is 0. The van der Waals surface area contributed by atoms with E-state index in [-0.39, 0.29) is 31.1 Å². The van der Waals surface area contributed by atoms with Gasteiger partial charge >= 0.3 is 17.9 Å². The first kappa shape index (κ1) is 54.4. The molecule has 0 aromatic heterocycles. The summed E-state index contributed by atoms with van der Waals surface area (Å²) in [6.45, 7) is 9.01. The molecule has 2 atom stereocenters. The fraction of sp³-hybridized carbons (Fsp3) is 0.940. The van der Waals surface area contributed by atoms with E-state index in [1.165, 1.54) is 173 Å². The number of carbonyl (C=O) groups is 3. The van der Waals surface area contributed by atoms with Crippen LogP contribution in [0.3, 0.4) is 0 Å². The molecule has 0 amide bonds. The molecular weight excluding hydrogens is 697 g/mol. The Labute approximate surface area is 348 Å². The molecule has 56 heavy (non-hydrogen) atoms. The van der Waals surface area contributed by atoms with E-state index in [0.717, 1.165) is 63.7 Å². The Balaban J connectivity index is 4.28. The molecule has 0 saturated carbocycles. The van der Waals surface area contributed by atoms with Gasteiger partial charge in [0.15, 0.2) is 6.10 Å². The maximum Gasteiger partial charge on any atom is 0.306 e. The Kier molecular flexibility index (Phi) is 43.2. The average Bonchev–Trinajstić information content (AvgIpc) is 3.19. The maximum absolute atomic E-state index is 12.7. The minimum Gasteiger partial charge on any atom is -0.462 e. The van der Waals surface area contributed by atoms with Gasteiger partial charge in [0, 0.05) is 19.3 Å². The molecule has 0 aromatic carbocycles. The lowest BCUT2D eigenvalue weighted by Gasteiger charge is -2.18. The summed E-state index contributed by atoms with van der Waals surface area (Å²) in [5, 5.41) is 0. The fourth-order valence-corrected chi connectivity index (χ4v) is 7.48. The van der Waals surface area contributed by atoms with Crippen molar-refractivity contribution in [3.8, 4) is 0 Å². The second-order valence-corrected chi connectivity index (χ2v) is 17.3. The molecule has 0 N–H and O–H groups in total. The Morgan fingerprint density at radius 3 is 0.929 bits per heavy atom. The largest absolute Gasteiger partial charge is 0.462 e. The summed E-state index contributed by atoms with van der Waals surface area (Å²) in [6, 6.07) is 0. The van der Waals surface area contributed by atoms with Crippen LogP contribution in [0.25, 0.3) is 0 Å². The van der Waals surface area contributed by atoms with E-state index in [2.05, 4.69) is 27.7 Å². The van der Waals surface area contributed by atoms with Crippen LogP contribution in [0.2, 0.25) is 0 Å². The van der Waals surface area contributed by atoms with Gasteiger partial charge < -0.3 is 14.2 Å². The van der Waals surface area contributed by atoms with E-state index in [0.29, 0.717) is 19.3 Å². The Bertz CT molecular complexity index is 843. The predicted octanol–water partition coefficient (Wildman–Crippen LogP) is 15.9. The Morgan fingerprint density at radius 1 is 0.357 bits per heavy atom. The summed E-state index contributed by atoms with van der Waals surface area (Å²) in [5.74, 6) is -0.00234. The van der Waals surface area contributed by atoms with E-state index < -0.39 is 6.10 Å². The van der Waals surface area contributed by atoms with Crippen LogP contribution in [0.1, 0.15) is 278 Å². The molecule has 0 heterocycles. The number of rotatable bonds is 45. The smallest absolute Gasteiger partial charge is 0.306 e. The number of ether oxygens (including phenoxy) is 3. The molecule has 6 nitrogen and oxygen atoms in total. The van der Waals surface area contributed by atoms with Gasteiger partial charge in [-0.15, -0.1) is 0 Å². The fourth-order valence-electron chi connectivity index (χ4n) is 7.48. The second-order valence-electron chi connectivity index (χ2n) is 17.3. The maximum atomic E-state index is 12.7. The van der Waals surface area contributed by atoms with Crippen molar-refractivity contribution >= 4 is 17.9 Å². The van der Waals surface area contributed by atoms with Gasteiger partial charge in [0.25, 0.3) is 0 Å². The van der Waals surface area contributed by atoms with Gasteiger partial charge in [0.2, 0.25) is 0 Å². The monoisotopic (exact) mass is 793 g/mol. The van der Waals surface area contributed by atoms with Crippen LogP contribution >= 0.6 is 0 Å². The van der Waals surface area contributed by atoms with E-state index in [1.54, 1.807) is 0 Å². The average molecular weight is 793 g/mol. The molecule has 0 rings (SSSR count). The molecule has 0 aliphatic rings. The minimum atomic E-state index is -0.760. The molecule has 1 unspecified atom stereocenters. The van der Waals surface area contributed by atoms with Crippen LogP contribution < -0.4 is 0 Å². The van der Waals surface area contributed by atoms with Crippen molar-refractivity contribution in [1.82, 2.24) is 0 Å². The third-order valence-electron chi connectivity index (χ3n) is 11.7. The van der Waals surface area contributed by atoms with Crippen molar-refractivity contribution in [1.29, 1.82) is 0 Å². The summed E-state index contributed by atoms with van der Waals surface area (Å²) in [5.41, 5.74) is 0. The van der Waals surface area contributed by atoms with Crippen LogP contribution in [0, 0.1) is 5.92 Å². The molecule has 0 bridgehead atoms. The van der Waals surface area contributed by atoms with Crippen LogP contribution in [-0.2, 0) is 28.6 Å². The second kappa shape index (κ2) is 44.5. The summed E-state index contributed by atoms with van der Waals surface area (Å²) in [6.07, 6.45) is 45.1. The van der Waals surface area contributed by atoms with E-state index >= 15 is 0 Å². The minimum absolute atomic E-state index is 0.0634. The van der Waals surface area contributed by atoms with Crippen LogP contribution in [0.5, 0.6) is 0 Å². The van der Waals surface area contributed by atoms with Gasteiger partial charge in [-0.05, 0) is 25.2 Å². The van der Waals surface area contributed by atoms with Gasteiger partial charge in [-0.3, -0.25) is 14.4 Å². The van der Waals surface area contributed by atoms with Gasteiger partial charge in [0.1, 0.15) is 13.2 Å². The molecular formula is C50H96O6. The molecule has 0 fully saturated rings. The third-order valence-corrected chi connectivity index (χ3v) is 11.7. The molecule has 0 spiro atoms. The molecule has 0 radical (unpaired) electrons. The van der Waals surface area contributed by atoms with E-state index in [4.69, 9.17) is 14.2 Å². The summed E-state index contributed by atoms with van der Waals surface area (Å²) < 4.78 is 16.8. The van der Waals surface area contributed by atoms with Crippen LogP contribution in [0.15, 0.2) is 0 Å². The number of unbranched alkanes of at least 4 members (excludes halogenated alkanes) is 31. The quantitative estimate of drug-likeness (QED) is 0.0347. The number of carbonyl (C=O) groups excluding carboxylic acids is 3. The first-order chi connectivity index (χ1) is 27.4.